The maximum atomic E-state index is 12.5. The highest BCUT2D eigenvalue weighted by atomic mass is 16.2. The van der Waals surface area contributed by atoms with Crippen LogP contribution in [0.25, 0.3) is 0 Å². The Kier molecular flexibility index (Phi) is 5.15. The summed E-state index contributed by atoms with van der Waals surface area (Å²) < 4.78 is 0.470. The van der Waals surface area contributed by atoms with Crippen molar-refractivity contribution in [2.45, 2.75) is 72.4 Å². The van der Waals surface area contributed by atoms with Crippen molar-refractivity contribution in [3.05, 3.63) is 12.7 Å². The fraction of sp³-hybridized carbons (Fsp3) is 0.800. The normalized spacial score (nSPS) is 13.6. The fourth-order valence-electron chi connectivity index (χ4n) is 3.00. The van der Waals surface area contributed by atoms with Crippen molar-refractivity contribution in [2.24, 2.45) is 0 Å². The third-order valence-electron chi connectivity index (χ3n) is 3.69. The van der Waals surface area contributed by atoms with Crippen molar-refractivity contribution >= 4 is 5.91 Å². The Morgan fingerprint density at radius 3 is 1.76 bits per heavy atom. The van der Waals surface area contributed by atoms with E-state index in [1.54, 1.807) is 0 Å². The first-order valence-corrected chi connectivity index (χ1v) is 6.60. The van der Waals surface area contributed by atoms with Gasteiger partial charge in [-0.1, -0.05) is 19.9 Å². The second kappa shape index (κ2) is 5.34. The molecule has 0 saturated heterocycles. The molecule has 100 valence electrons. The van der Waals surface area contributed by atoms with Crippen molar-refractivity contribution < 1.29 is 9.28 Å². The minimum absolute atomic E-state index is 0.112. The van der Waals surface area contributed by atoms with E-state index in [-0.39, 0.29) is 17.0 Å². The van der Waals surface area contributed by atoms with Crippen LogP contribution in [-0.4, -0.2) is 28.0 Å². The van der Waals surface area contributed by atoms with Gasteiger partial charge in [0.1, 0.15) is 0 Å². The lowest BCUT2D eigenvalue weighted by molar-refractivity contribution is -0.941. The topological polar surface area (TPSA) is 17.1 Å². The van der Waals surface area contributed by atoms with Crippen molar-refractivity contribution in [1.29, 1.82) is 0 Å². The van der Waals surface area contributed by atoms with Gasteiger partial charge in [0.2, 0.25) is 0 Å². The average Bonchev–Trinajstić information content (AvgIpc) is 2.14. The smallest absolute Gasteiger partial charge is 0.248 e. The lowest BCUT2D eigenvalue weighted by atomic mass is 9.88. The van der Waals surface area contributed by atoms with Crippen LogP contribution in [0.2, 0.25) is 0 Å². The molecule has 0 fully saturated rings. The van der Waals surface area contributed by atoms with Gasteiger partial charge in [0.05, 0.1) is 17.6 Å². The summed E-state index contributed by atoms with van der Waals surface area (Å²) in [6.07, 6.45) is 3.66. The van der Waals surface area contributed by atoms with Crippen molar-refractivity contribution in [1.82, 2.24) is 0 Å². The Labute approximate surface area is 107 Å². The first kappa shape index (κ1) is 16.4. The van der Waals surface area contributed by atoms with E-state index < -0.39 is 0 Å². The molecule has 0 saturated carbocycles. The molecular weight excluding hydrogens is 210 g/mol. The summed E-state index contributed by atoms with van der Waals surface area (Å²) in [5, 5.41) is 0. The van der Waals surface area contributed by atoms with Gasteiger partial charge in [-0.15, -0.1) is 0 Å². The summed E-state index contributed by atoms with van der Waals surface area (Å²) in [7, 11) is 0. The number of rotatable bonds is 4. The summed E-state index contributed by atoms with van der Waals surface area (Å²) in [5.74, 6) is 0.137. The highest BCUT2D eigenvalue weighted by Gasteiger charge is 2.53. The van der Waals surface area contributed by atoms with Gasteiger partial charge in [-0.3, -0.25) is 0 Å². The summed E-state index contributed by atoms with van der Waals surface area (Å²) in [4.78, 5) is 12.5. The Morgan fingerprint density at radius 2 is 1.53 bits per heavy atom. The zero-order chi connectivity index (χ0) is 13.9. The summed E-state index contributed by atoms with van der Waals surface area (Å²) >= 11 is 0. The molecule has 0 rings (SSSR count). The number of hydrogen-bond donors (Lipinski definition) is 0. The van der Waals surface area contributed by atoms with E-state index in [0.717, 1.165) is 19.4 Å². The monoisotopic (exact) mass is 240 g/mol. The van der Waals surface area contributed by atoms with Gasteiger partial charge >= 0.3 is 5.91 Å². The number of nitrogens with zero attached hydrogens (tertiary/aromatic N) is 1. The van der Waals surface area contributed by atoms with Crippen LogP contribution >= 0.6 is 0 Å². The second-order valence-corrected chi connectivity index (χ2v) is 6.77. The molecule has 17 heavy (non-hydrogen) atoms. The molecule has 1 amide bonds. The summed E-state index contributed by atoms with van der Waals surface area (Å²) in [5.41, 5.74) is -0.225. The Morgan fingerprint density at radius 1 is 1.12 bits per heavy atom. The van der Waals surface area contributed by atoms with Gasteiger partial charge in [0.15, 0.2) is 0 Å². The second-order valence-electron chi connectivity index (χ2n) is 6.77. The van der Waals surface area contributed by atoms with Crippen molar-refractivity contribution in [3.63, 3.8) is 0 Å². The zero-order valence-corrected chi connectivity index (χ0v) is 12.8. The van der Waals surface area contributed by atoms with E-state index in [1.807, 2.05) is 0 Å². The number of quaternary nitrogens is 1. The largest absolute Gasteiger partial charge is 0.338 e. The zero-order valence-electron chi connectivity index (χ0n) is 12.8. The summed E-state index contributed by atoms with van der Waals surface area (Å²) in [6, 6.07) is 0. The van der Waals surface area contributed by atoms with E-state index in [4.69, 9.17) is 0 Å². The molecule has 0 aromatic heterocycles. The maximum Gasteiger partial charge on any atom is 0.338 e. The Balaban J connectivity index is 5.72. The van der Waals surface area contributed by atoms with E-state index in [2.05, 4.69) is 55.0 Å². The van der Waals surface area contributed by atoms with Gasteiger partial charge in [0, 0.05) is 6.08 Å². The first-order valence-electron chi connectivity index (χ1n) is 6.60. The molecule has 0 aliphatic heterocycles. The molecule has 0 N–H and O–H groups in total. The fourth-order valence-corrected chi connectivity index (χ4v) is 3.00. The standard InChI is InChI=1S/C15H30NO/c1-9-11-12-16(13(17)10-2,14(3,4)5)15(6,7)8/h10H,2,9,11-12H2,1,3-8H3/q+1. The molecule has 0 bridgehead atoms. The van der Waals surface area contributed by atoms with E-state index in [9.17, 15) is 4.79 Å². The number of hydrogen-bond acceptors (Lipinski definition) is 1. The Hall–Kier alpha value is -0.630. The SMILES string of the molecule is C=CC(=O)[N+](CCCC)(C(C)(C)C)C(C)(C)C. The molecule has 0 aromatic rings. The highest BCUT2D eigenvalue weighted by molar-refractivity contribution is 5.81. The van der Waals surface area contributed by atoms with Crippen LogP contribution in [-0.2, 0) is 4.79 Å². The van der Waals surface area contributed by atoms with Crippen LogP contribution in [0.4, 0.5) is 0 Å². The Bertz CT molecular complexity index is 264. The van der Waals surface area contributed by atoms with E-state index >= 15 is 0 Å². The number of carbonyl (C=O) groups excluding carboxylic acids is 1. The highest BCUT2D eigenvalue weighted by Crippen LogP contribution is 2.36. The van der Waals surface area contributed by atoms with Crippen LogP contribution in [0, 0.1) is 0 Å². The summed E-state index contributed by atoms with van der Waals surface area (Å²) in [6.45, 7) is 19.6. The predicted molar refractivity (Wildman–Crippen MR) is 74.7 cm³/mol. The number of carbonyl (C=O) groups is 1. The third kappa shape index (κ3) is 2.98. The van der Waals surface area contributed by atoms with Crippen molar-refractivity contribution in [2.75, 3.05) is 6.54 Å². The molecule has 0 atom stereocenters. The molecule has 0 aliphatic carbocycles. The quantitative estimate of drug-likeness (QED) is 0.538. The molecule has 0 aromatic carbocycles. The lowest BCUT2D eigenvalue weighted by Crippen LogP contribution is -2.71. The number of amides is 1. The molecule has 2 heteroatoms. The molecule has 0 radical (unpaired) electrons. The van der Waals surface area contributed by atoms with E-state index in [0.29, 0.717) is 4.48 Å². The molecule has 0 aliphatic rings. The van der Waals surface area contributed by atoms with Gasteiger partial charge in [0.25, 0.3) is 0 Å². The van der Waals surface area contributed by atoms with Gasteiger partial charge in [-0.25, -0.2) is 9.28 Å². The van der Waals surface area contributed by atoms with Crippen LogP contribution in [0.3, 0.4) is 0 Å². The van der Waals surface area contributed by atoms with Crippen LogP contribution in [0.1, 0.15) is 61.3 Å². The van der Waals surface area contributed by atoms with Crippen LogP contribution in [0.15, 0.2) is 12.7 Å². The van der Waals surface area contributed by atoms with Crippen LogP contribution in [0.5, 0.6) is 0 Å². The minimum atomic E-state index is -0.112. The number of unbranched alkanes of at least 4 members (excludes halogenated alkanes) is 1. The van der Waals surface area contributed by atoms with Gasteiger partial charge < -0.3 is 0 Å². The molecule has 0 heterocycles. The van der Waals surface area contributed by atoms with Gasteiger partial charge in [-0.2, -0.15) is 0 Å². The van der Waals surface area contributed by atoms with Gasteiger partial charge in [-0.05, 0) is 48.0 Å². The van der Waals surface area contributed by atoms with Crippen LogP contribution < -0.4 is 0 Å². The molecule has 0 unspecified atom stereocenters. The lowest BCUT2D eigenvalue weighted by Gasteiger charge is -2.54. The maximum absolute atomic E-state index is 12.5. The average molecular weight is 240 g/mol. The predicted octanol–water partition coefficient (Wildman–Crippen LogP) is 3.91. The third-order valence-corrected chi connectivity index (χ3v) is 3.69. The minimum Gasteiger partial charge on any atom is -0.248 e. The van der Waals surface area contributed by atoms with E-state index in [1.165, 1.54) is 6.08 Å². The van der Waals surface area contributed by atoms with Crippen molar-refractivity contribution in [3.8, 4) is 0 Å². The molecule has 2 nitrogen and oxygen atoms in total. The molecular formula is C15H30NO+. The molecule has 0 spiro atoms. The first-order chi connectivity index (χ1) is 7.54.